The summed E-state index contributed by atoms with van der Waals surface area (Å²) in [5, 5.41) is 3.32. The number of aromatic nitrogens is 2. The van der Waals surface area contributed by atoms with Gasteiger partial charge in [-0.3, -0.25) is 4.79 Å². The number of nitrogens with one attached hydrogen (secondary N) is 1. The first kappa shape index (κ1) is 12.5. The number of anilines is 1. The van der Waals surface area contributed by atoms with Crippen LogP contribution in [-0.2, 0) is 4.79 Å². The zero-order chi connectivity index (χ0) is 13.1. The van der Waals surface area contributed by atoms with Crippen molar-refractivity contribution in [3.63, 3.8) is 0 Å². The molecule has 1 N–H and O–H groups in total. The number of halogens is 1. The second kappa shape index (κ2) is 5.14. The quantitative estimate of drug-likeness (QED) is 0.904. The minimum absolute atomic E-state index is 0.157. The number of nitrogens with zero attached hydrogens (tertiary/aromatic N) is 2. The average Bonchev–Trinajstić information content (AvgIpc) is 2.28. The number of aryl methyl sites for hydroxylation is 1. The maximum Gasteiger partial charge on any atom is 0.222 e. The number of amides is 1. The van der Waals surface area contributed by atoms with Crippen molar-refractivity contribution in [2.24, 2.45) is 0 Å². The van der Waals surface area contributed by atoms with Crippen molar-refractivity contribution in [3.8, 4) is 11.3 Å². The molecule has 1 aromatic carbocycles. The van der Waals surface area contributed by atoms with Crippen molar-refractivity contribution in [2.45, 2.75) is 13.8 Å². The summed E-state index contributed by atoms with van der Waals surface area (Å²) >= 11 is 5.84. The Morgan fingerprint density at radius 2 is 1.89 bits per heavy atom. The Kier molecular flexibility index (Phi) is 3.58. The SMILES string of the molecule is CC(=O)Nc1cc(-c2ccc(Cl)cc2)nc(C)n1. The monoisotopic (exact) mass is 261 g/mol. The van der Waals surface area contributed by atoms with Crippen LogP contribution in [0.25, 0.3) is 11.3 Å². The number of hydrogen-bond acceptors (Lipinski definition) is 3. The van der Waals surface area contributed by atoms with Crippen LogP contribution >= 0.6 is 11.6 Å². The lowest BCUT2D eigenvalue weighted by Crippen LogP contribution is -2.08. The Bertz CT molecular complexity index is 581. The molecule has 1 heterocycles. The standard InChI is InChI=1S/C13H12ClN3O/c1-8-15-12(7-13(16-8)17-9(2)18)10-3-5-11(14)6-4-10/h3-7H,1-2H3,(H,15,16,17,18). The van der Waals surface area contributed by atoms with E-state index in [9.17, 15) is 4.79 Å². The summed E-state index contributed by atoms with van der Waals surface area (Å²) in [5.41, 5.74) is 1.68. The summed E-state index contributed by atoms with van der Waals surface area (Å²) < 4.78 is 0. The third kappa shape index (κ3) is 3.05. The summed E-state index contributed by atoms with van der Waals surface area (Å²) in [4.78, 5) is 19.5. The van der Waals surface area contributed by atoms with Crippen LogP contribution in [0.15, 0.2) is 30.3 Å². The van der Waals surface area contributed by atoms with Crippen LogP contribution in [0.2, 0.25) is 5.02 Å². The van der Waals surface area contributed by atoms with E-state index in [0.717, 1.165) is 11.3 Å². The molecule has 2 rings (SSSR count). The van der Waals surface area contributed by atoms with Crippen molar-refractivity contribution in [2.75, 3.05) is 5.32 Å². The molecule has 1 aromatic heterocycles. The molecular weight excluding hydrogens is 250 g/mol. The van der Waals surface area contributed by atoms with Crippen LogP contribution in [0, 0.1) is 6.92 Å². The van der Waals surface area contributed by atoms with Gasteiger partial charge < -0.3 is 5.32 Å². The lowest BCUT2D eigenvalue weighted by atomic mass is 10.1. The first-order valence-electron chi connectivity index (χ1n) is 5.44. The molecule has 0 saturated heterocycles. The number of carbonyl (C=O) groups excluding carboxylic acids is 1. The summed E-state index contributed by atoms with van der Waals surface area (Å²) in [6.07, 6.45) is 0. The van der Waals surface area contributed by atoms with E-state index in [4.69, 9.17) is 11.6 Å². The van der Waals surface area contributed by atoms with Crippen molar-refractivity contribution in [3.05, 3.63) is 41.2 Å². The highest BCUT2D eigenvalue weighted by Crippen LogP contribution is 2.21. The minimum atomic E-state index is -0.157. The molecule has 0 fully saturated rings. The van der Waals surface area contributed by atoms with Crippen molar-refractivity contribution >= 4 is 23.3 Å². The maximum atomic E-state index is 11.0. The number of rotatable bonds is 2. The first-order valence-corrected chi connectivity index (χ1v) is 5.81. The van der Waals surface area contributed by atoms with Crippen LogP contribution < -0.4 is 5.32 Å². The summed E-state index contributed by atoms with van der Waals surface area (Å²) in [7, 11) is 0. The topological polar surface area (TPSA) is 54.9 Å². The first-order chi connectivity index (χ1) is 8.54. The number of benzene rings is 1. The highest BCUT2D eigenvalue weighted by Gasteiger charge is 2.05. The van der Waals surface area contributed by atoms with Gasteiger partial charge in [-0.1, -0.05) is 23.7 Å². The van der Waals surface area contributed by atoms with E-state index in [1.165, 1.54) is 6.92 Å². The van der Waals surface area contributed by atoms with E-state index in [1.54, 1.807) is 25.1 Å². The largest absolute Gasteiger partial charge is 0.311 e. The fourth-order valence-corrected chi connectivity index (χ4v) is 1.71. The Labute approximate surface area is 110 Å². The fraction of sp³-hybridized carbons (Fsp3) is 0.154. The van der Waals surface area contributed by atoms with Crippen LogP contribution in [0.4, 0.5) is 5.82 Å². The van der Waals surface area contributed by atoms with Crippen LogP contribution in [-0.4, -0.2) is 15.9 Å². The Hall–Kier alpha value is -1.94. The van der Waals surface area contributed by atoms with Gasteiger partial charge in [0.25, 0.3) is 0 Å². The average molecular weight is 262 g/mol. The zero-order valence-corrected chi connectivity index (χ0v) is 10.8. The molecule has 0 saturated carbocycles. The van der Waals surface area contributed by atoms with E-state index in [2.05, 4.69) is 15.3 Å². The van der Waals surface area contributed by atoms with E-state index < -0.39 is 0 Å². The van der Waals surface area contributed by atoms with Crippen LogP contribution in [0.3, 0.4) is 0 Å². The predicted octanol–water partition coefficient (Wildman–Crippen LogP) is 3.06. The molecule has 0 radical (unpaired) electrons. The fourth-order valence-electron chi connectivity index (χ4n) is 1.58. The minimum Gasteiger partial charge on any atom is -0.311 e. The molecule has 0 aliphatic rings. The van der Waals surface area contributed by atoms with Gasteiger partial charge >= 0.3 is 0 Å². The highest BCUT2D eigenvalue weighted by atomic mass is 35.5. The number of hydrogen-bond donors (Lipinski definition) is 1. The van der Waals surface area contributed by atoms with Gasteiger partial charge in [0, 0.05) is 23.6 Å². The van der Waals surface area contributed by atoms with Gasteiger partial charge in [-0.15, -0.1) is 0 Å². The molecule has 0 aliphatic carbocycles. The van der Waals surface area contributed by atoms with E-state index in [1.807, 2.05) is 12.1 Å². The molecule has 0 atom stereocenters. The molecule has 1 amide bonds. The third-order valence-corrected chi connectivity index (χ3v) is 2.53. The van der Waals surface area contributed by atoms with E-state index >= 15 is 0 Å². The van der Waals surface area contributed by atoms with Gasteiger partial charge in [0.2, 0.25) is 5.91 Å². The van der Waals surface area contributed by atoms with Gasteiger partial charge in [0.05, 0.1) is 5.69 Å². The Morgan fingerprint density at radius 3 is 2.50 bits per heavy atom. The lowest BCUT2D eigenvalue weighted by Gasteiger charge is -2.06. The molecule has 18 heavy (non-hydrogen) atoms. The molecule has 0 bridgehead atoms. The second-order valence-corrected chi connectivity index (χ2v) is 4.31. The van der Waals surface area contributed by atoms with Crippen LogP contribution in [0.1, 0.15) is 12.7 Å². The van der Waals surface area contributed by atoms with Gasteiger partial charge in [0.15, 0.2) is 0 Å². The van der Waals surface area contributed by atoms with Gasteiger partial charge in [0.1, 0.15) is 11.6 Å². The molecule has 5 heteroatoms. The van der Waals surface area contributed by atoms with E-state index in [0.29, 0.717) is 16.7 Å². The number of carbonyl (C=O) groups is 1. The predicted molar refractivity (Wildman–Crippen MR) is 71.5 cm³/mol. The summed E-state index contributed by atoms with van der Waals surface area (Å²) in [6, 6.07) is 9.08. The van der Waals surface area contributed by atoms with Crippen LogP contribution in [0.5, 0.6) is 0 Å². The summed E-state index contributed by atoms with van der Waals surface area (Å²) in [5.74, 6) is 0.946. The summed E-state index contributed by atoms with van der Waals surface area (Å²) in [6.45, 7) is 3.23. The van der Waals surface area contributed by atoms with Gasteiger partial charge in [-0.2, -0.15) is 0 Å². The highest BCUT2D eigenvalue weighted by molar-refractivity contribution is 6.30. The van der Waals surface area contributed by atoms with Crippen molar-refractivity contribution < 1.29 is 4.79 Å². The van der Waals surface area contributed by atoms with Crippen molar-refractivity contribution in [1.82, 2.24) is 9.97 Å². The molecule has 0 spiro atoms. The van der Waals surface area contributed by atoms with Crippen molar-refractivity contribution in [1.29, 1.82) is 0 Å². The molecule has 0 aliphatic heterocycles. The van der Waals surface area contributed by atoms with Gasteiger partial charge in [-0.05, 0) is 19.1 Å². The third-order valence-electron chi connectivity index (χ3n) is 2.28. The normalized spacial score (nSPS) is 10.2. The maximum absolute atomic E-state index is 11.0. The molecule has 2 aromatic rings. The molecule has 4 nitrogen and oxygen atoms in total. The molecule has 0 unspecified atom stereocenters. The van der Waals surface area contributed by atoms with Gasteiger partial charge in [-0.25, -0.2) is 9.97 Å². The zero-order valence-electron chi connectivity index (χ0n) is 10.1. The Morgan fingerprint density at radius 1 is 1.22 bits per heavy atom. The second-order valence-electron chi connectivity index (χ2n) is 3.87. The molecular formula is C13H12ClN3O. The lowest BCUT2D eigenvalue weighted by molar-refractivity contribution is -0.114. The smallest absolute Gasteiger partial charge is 0.222 e. The molecule has 92 valence electrons. The van der Waals surface area contributed by atoms with E-state index in [-0.39, 0.29) is 5.91 Å². The Balaban J connectivity index is 2.41.